The minimum absolute atomic E-state index is 0.221. The second-order valence-corrected chi connectivity index (χ2v) is 5.53. The Morgan fingerprint density at radius 2 is 2.06 bits per heavy atom. The van der Waals surface area contributed by atoms with Gasteiger partial charge in [-0.15, -0.1) is 0 Å². The molecular formula is C12H19N3O2. The highest BCUT2D eigenvalue weighted by atomic mass is 16.5. The quantitative estimate of drug-likeness (QED) is 0.797. The molecule has 1 fully saturated rings. The van der Waals surface area contributed by atoms with Gasteiger partial charge in [0.1, 0.15) is 5.82 Å². The van der Waals surface area contributed by atoms with Crippen molar-refractivity contribution in [3.63, 3.8) is 0 Å². The molecule has 17 heavy (non-hydrogen) atoms. The lowest BCUT2D eigenvalue weighted by molar-refractivity contribution is 0.0590. The first-order valence-electron chi connectivity index (χ1n) is 5.83. The van der Waals surface area contributed by atoms with Crippen molar-refractivity contribution in [3.8, 4) is 0 Å². The van der Waals surface area contributed by atoms with E-state index in [2.05, 4.69) is 5.10 Å². The summed E-state index contributed by atoms with van der Waals surface area (Å²) in [6.45, 7) is 6.05. The number of nitrogens with two attached hydrogens (primary N) is 1. The summed E-state index contributed by atoms with van der Waals surface area (Å²) in [5.41, 5.74) is 7.03. The number of rotatable bonds is 2. The lowest BCUT2D eigenvalue weighted by Crippen LogP contribution is -2.18. The Hall–Kier alpha value is -1.52. The average Bonchev–Trinajstić information content (AvgIpc) is 2.99. The van der Waals surface area contributed by atoms with E-state index < -0.39 is 5.97 Å². The fourth-order valence-corrected chi connectivity index (χ4v) is 2.02. The third-order valence-corrected chi connectivity index (χ3v) is 2.97. The summed E-state index contributed by atoms with van der Waals surface area (Å²) in [5.74, 6) is 0.182. The summed E-state index contributed by atoms with van der Waals surface area (Å²) < 4.78 is 6.54. The van der Waals surface area contributed by atoms with E-state index in [-0.39, 0.29) is 5.41 Å². The van der Waals surface area contributed by atoms with Gasteiger partial charge in [-0.05, 0) is 18.3 Å². The van der Waals surface area contributed by atoms with E-state index in [0.717, 1.165) is 18.4 Å². The van der Waals surface area contributed by atoms with E-state index in [0.29, 0.717) is 17.6 Å². The Balaban J connectivity index is 2.56. The normalized spacial score (nSPS) is 16.0. The Kier molecular flexibility index (Phi) is 2.64. The molecule has 0 aliphatic heterocycles. The van der Waals surface area contributed by atoms with Gasteiger partial charge < -0.3 is 10.5 Å². The monoisotopic (exact) mass is 237 g/mol. The standard InChI is InChI=1S/C12H19N3O2/c1-12(2,3)8-9(11(16)17-4)14-15(10(8)13)7-5-6-7/h7H,5-6,13H2,1-4H3. The molecule has 0 atom stereocenters. The number of carbonyl (C=O) groups excluding carboxylic acids is 1. The van der Waals surface area contributed by atoms with Crippen LogP contribution in [0.25, 0.3) is 0 Å². The second-order valence-electron chi connectivity index (χ2n) is 5.53. The molecular weight excluding hydrogens is 218 g/mol. The maximum absolute atomic E-state index is 11.7. The molecule has 94 valence electrons. The van der Waals surface area contributed by atoms with Crippen LogP contribution in [0.5, 0.6) is 0 Å². The lowest BCUT2D eigenvalue weighted by Gasteiger charge is -2.19. The highest BCUT2D eigenvalue weighted by molar-refractivity contribution is 5.90. The molecule has 1 aliphatic rings. The maximum Gasteiger partial charge on any atom is 0.358 e. The van der Waals surface area contributed by atoms with Crippen molar-refractivity contribution < 1.29 is 9.53 Å². The summed E-state index contributed by atoms with van der Waals surface area (Å²) in [4.78, 5) is 11.7. The second kappa shape index (κ2) is 3.75. The average molecular weight is 237 g/mol. The van der Waals surface area contributed by atoms with E-state index in [4.69, 9.17) is 10.5 Å². The first-order chi connectivity index (χ1) is 7.86. The van der Waals surface area contributed by atoms with E-state index >= 15 is 0 Å². The molecule has 1 aromatic heterocycles. The third-order valence-electron chi connectivity index (χ3n) is 2.97. The van der Waals surface area contributed by atoms with Crippen molar-refractivity contribution in [2.24, 2.45) is 0 Å². The highest BCUT2D eigenvalue weighted by Crippen LogP contribution is 2.40. The SMILES string of the molecule is COC(=O)c1nn(C2CC2)c(N)c1C(C)(C)C. The number of aromatic nitrogens is 2. The van der Waals surface area contributed by atoms with Crippen LogP contribution in [0, 0.1) is 0 Å². The van der Waals surface area contributed by atoms with E-state index in [9.17, 15) is 4.79 Å². The zero-order chi connectivity index (χ0) is 12.8. The number of nitrogen functional groups attached to an aromatic ring is 1. The van der Waals surface area contributed by atoms with Gasteiger partial charge in [-0.1, -0.05) is 20.8 Å². The number of carbonyl (C=O) groups is 1. The highest BCUT2D eigenvalue weighted by Gasteiger charge is 2.35. The summed E-state index contributed by atoms with van der Waals surface area (Å²) in [6.07, 6.45) is 2.16. The van der Waals surface area contributed by atoms with Crippen LogP contribution >= 0.6 is 0 Å². The van der Waals surface area contributed by atoms with Crippen LogP contribution in [0.1, 0.15) is 55.7 Å². The van der Waals surface area contributed by atoms with Gasteiger partial charge in [0.2, 0.25) is 0 Å². The Labute approximate surface area is 101 Å². The van der Waals surface area contributed by atoms with Crippen LogP contribution in [0.4, 0.5) is 5.82 Å². The van der Waals surface area contributed by atoms with Crippen LogP contribution in [-0.2, 0) is 10.2 Å². The topological polar surface area (TPSA) is 70.1 Å². The molecule has 0 saturated heterocycles. The molecule has 0 amide bonds. The zero-order valence-corrected chi connectivity index (χ0v) is 10.8. The van der Waals surface area contributed by atoms with Crippen molar-refractivity contribution in [2.75, 3.05) is 12.8 Å². The van der Waals surface area contributed by atoms with Crippen LogP contribution in [0.2, 0.25) is 0 Å². The number of hydrogen-bond acceptors (Lipinski definition) is 4. The van der Waals surface area contributed by atoms with Crippen molar-refractivity contribution in [1.82, 2.24) is 9.78 Å². The molecule has 2 N–H and O–H groups in total. The molecule has 1 aliphatic carbocycles. The first-order valence-corrected chi connectivity index (χ1v) is 5.83. The van der Waals surface area contributed by atoms with Crippen LogP contribution in [-0.4, -0.2) is 22.9 Å². The largest absolute Gasteiger partial charge is 0.464 e. The van der Waals surface area contributed by atoms with Gasteiger partial charge >= 0.3 is 5.97 Å². The molecule has 5 nitrogen and oxygen atoms in total. The number of esters is 1. The predicted octanol–water partition coefficient (Wildman–Crippen LogP) is 1.88. The molecule has 0 spiro atoms. The van der Waals surface area contributed by atoms with Crippen LogP contribution in [0.3, 0.4) is 0 Å². The van der Waals surface area contributed by atoms with E-state index in [1.54, 1.807) is 4.68 Å². The third kappa shape index (κ3) is 2.01. The van der Waals surface area contributed by atoms with Gasteiger partial charge in [-0.2, -0.15) is 5.10 Å². The maximum atomic E-state index is 11.7. The minimum atomic E-state index is -0.416. The van der Waals surface area contributed by atoms with Crippen molar-refractivity contribution in [2.45, 2.75) is 45.1 Å². The summed E-state index contributed by atoms with van der Waals surface area (Å²) >= 11 is 0. The smallest absolute Gasteiger partial charge is 0.358 e. The number of hydrogen-bond donors (Lipinski definition) is 1. The van der Waals surface area contributed by atoms with Gasteiger partial charge in [0.25, 0.3) is 0 Å². The van der Waals surface area contributed by atoms with Gasteiger partial charge in [0, 0.05) is 5.56 Å². The van der Waals surface area contributed by atoms with Crippen LogP contribution in [0.15, 0.2) is 0 Å². The Bertz CT molecular complexity index is 453. The molecule has 0 aromatic carbocycles. The number of nitrogens with zero attached hydrogens (tertiary/aromatic N) is 2. The molecule has 2 rings (SSSR count). The number of ether oxygens (including phenoxy) is 1. The Morgan fingerprint density at radius 1 is 1.47 bits per heavy atom. The molecule has 0 radical (unpaired) electrons. The van der Waals surface area contributed by atoms with Gasteiger partial charge in [-0.25, -0.2) is 9.48 Å². The van der Waals surface area contributed by atoms with E-state index in [1.807, 2.05) is 20.8 Å². The van der Waals surface area contributed by atoms with E-state index in [1.165, 1.54) is 7.11 Å². The number of methoxy groups -OCH3 is 1. The molecule has 0 bridgehead atoms. The molecule has 0 unspecified atom stereocenters. The molecule has 5 heteroatoms. The number of anilines is 1. The van der Waals surface area contributed by atoms with Gasteiger partial charge in [-0.3, -0.25) is 0 Å². The van der Waals surface area contributed by atoms with Crippen molar-refractivity contribution in [1.29, 1.82) is 0 Å². The van der Waals surface area contributed by atoms with Gasteiger partial charge in [0.15, 0.2) is 5.69 Å². The fraction of sp³-hybridized carbons (Fsp3) is 0.667. The van der Waals surface area contributed by atoms with Crippen molar-refractivity contribution in [3.05, 3.63) is 11.3 Å². The lowest BCUT2D eigenvalue weighted by atomic mass is 9.86. The molecule has 1 saturated carbocycles. The van der Waals surface area contributed by atoms with Crippen LogP contribution < -0.4 is 5.73 Å². The Morgan fingerprint density at radius 3 is 2.47 bits per heavy atom. The summed E-state index contributed by atoms with van der Waals surface area (Å²) in [7, 11) is 1.36. The predicted molar refractivity (Wildman–Crippen MR) is 64.9 cm³/mol. The molecule has 1 heterocycles. The molecule has 1 aromatic rings. The summed E-state index contributed by atoms with van der Waals surface area (Å²) in [6, 6.07) is 0.356. The first kappa shape index (κ1) is 12.0. The minimum Gasteiger partial charge on any atom is -0.464 e. The summed E-state index contributed by atoms with van der Waals surface area (Å²) in [5, 5.41) is 4.33. The zero-order valence-electron chi connectivity index (χ0n) is 10.8. The van der Waals surface area contributed by atoms with Crippen molar-refractivity contribution >= 4 is 11.8 Å². The fourth-order valence-electron chi connectivity index (χ4n) is 2.02. The van der Waals surface area contributed by atoms with Gasteiger partial charge in [0.05, 0.1) is 13.2 Å².